The number of benzene rings is 3. The van der Waals surface area contributed by atoms with Gasteiger partial charge in [-0.3, -0.25) is 0 Å². The van der Waals surface area contributed by atoms with Gasteiger partial charge in [0.05, 0.1) is 5.56 Å². The maximum absolute atomic E-state index is 15.2. The van der Waals surface area contributed by atoms with Gasteiger partial charge < -0.3 is 0 Å². The molecule has 0 heterocycles. The van der Waals surface area contributed by atoms with Crippen LogP contribution < -0.4 is 0 Å². The molecule has 0 unspecified atom stereocenters. The average molecular weight is 465 g/mol. The molecule has 35 heavy (non-hydrogen) atoms. The summed E-state index contributed by atoms with van der Waals surface area (Å²) in [6.45, 7) is 5.93. The van der Waals surface area contributed by atoms with Gasteiger partial charge in [-0.2, -0.15) is 0 Å². The molecule has 1 heteroatoms. The first-order valence-corrected chi connectivity index (χ1v) is 13.2. The number of allylic oxidation sites excluding steroid dienone is 3. The summed E-state index contributed by atoms with van der Waals surface area (Å²) >= 11 is 0. The standard InChI is InChI=1S/C34H37F/c1-3-5-6-8-27-11-15-29(16-12-27)19-21-31-22-23-32-25-30(20-24-33(32)34(31)35)18-17-28-13-9-26(7-4-2)10-14-28/h3-5,11-12,15-16,20,22-26,28H,2,6-10,13-14,17-18H2,1H3/b5-3+. The zero-order chi connectivity index (χ0) is 24.5. The third-order valence-electron chi connectivity index (χ3n) is 7.46. The van der Waals surface area contributed by atoms with E-state index < -0.39 is 0 Å². The molecule has 0 N–H and O–H groups in total. The number of halogens is 1. The Morgan fingerprint density at radius 2 is 1.63 bits per heavy atom. The molecule has 0 radical (unpaired) electrons. The van der Waals surface area contributed by atoms with Crippen LogP contribution in [0.5, 0.6) is 0 Å². The zero-order valence-corrected chi connectivity index (χ0v) is 21.0. The third kappa shape index (κ3) is 6.95. The second kappa shape index (κ2) is 12.6. The highest BCUT2D eigenvalue weighted by Crippen LogP contribution is 2.33. The molecular formula is C34H37F. The van der Waals surface area contributed by atoms with Crippen LogP contribution in [0, 0.1) is 29.5 Å². The summed E-state index contributed by atoms with van der Waals surface area (Å²) < 4.78 is 15.2. The summed E-state index contributed by atoms with van der Waals surface area (Å²) in [5.74, 6) is 7.63. The summed E-state index contributed by atoms with van der Waals surface area (Å²) in [4.78, 5) is 0. The number of hydrogen-bond acceptors (Lipinski definition) is 0. The van der Waals surface area contributed by atoms with Crippen LogP contribution >= 0.6 is 0 Å². The molecule has 0 saturated heterocycles. The third-order valence-corrected chi connectivity index (χ3v) is 7.46. The summed E-state index contributed by atoms with van der Waals surface area (Å²) in [5.41, 5.74) is 3.96. The molecule has 1 fully saturated rings. The van der Waals surface area contributed by atoms with Crippen molar-refractivity contribution in [3.8, 4) is 11.8 Å². The van der Waals surface area contributed by atoms with Gasteiger partial charge in [0.15, 0.2) is 0 Å². The topological polar surface area (TPSA) is 0 Å². The van der Waals surface area contributed by atoms with Gasteiger partial charge in [0, 0.05) is 10.9 Å². The van der Waals surface area contributed by atoms with Crippen molar-refractivity contribution in [2.45, 2.75) is 64.7 Å². The van der Waals surface area contributed by atoms with Gasteiger partial charge in [0.2, 0.25) is 0 Å². The molecular weight excluding hydrogens is 427 g/mol. The Hall–Kier alpha value is -3.11. The van der Waals surface area contributed by atoms with E-state index in [4.69, 9.17) is 0 Å². The van der Waals surface area contributed by atoms with Crippen molar-refractivity contribution in [1.82, 2.24) is 0 Å². The lowest BCUT2D eigenvalue weighted by atomic mass is 9.78. The molecule has 0 aromatic heterocycles. The average Bonchev–Trinajstić information content (AvgIpc) is 2.89. The molecule has 0 atom stereocenters. The summed E-state index contributed by atoms with van der Waals surface area (Å²) in [5, 5.41) is 1.62. The van der Waals surface area contributed by atoms with Crippen molar-refractivity contribution < 1.29 is 4.39 Å². The first kappa shape index (κ1) is 25.0. The van der Waals surface area contributed by atoms with E-state index in [1.54, 1.807) is 0 Å². The Labute approximate surface area is 211 Å². The molecule has 1 saturated carbocycles. The molecule has 3 aromatic carbocycles. The predicted octanol–water partition coefficient (Wildman–Crippen LogP) is 9.20. The highest BCUT2D eigenvalue weighted by atomic mass is 19.1. The summed E-state index contributed by atoms with van der Waals surface area (Å²) in [6.07, 6.45) is 17.2. The van der Waals surface area contributed by atoms with Crippen LogP contribution in [-0.4, -0.2) is 0 Å². The molecule has 0 bridgehead atoms. The molecule has 1 aliphatic rings. The highest BCUT2D eigenvalue weighted by Gasteiger charge is 2.20. The van der Waals surface area contributed by atoms with Gasteiger partial charge in [-0.25, -0.2) is 4.39 Å². The Kier molecular flexibility index (Phi) is 8.96. The molecule has 0 spiro atoms. The quantitative estimate of drug-likeness (QED) is 0.230. The predicted molar refractivity (Wildman–Crippen MR) is 148 cm³/mol. The van der Waals surface area contributed by atoms with Crippen LogP contribution in [0.1, 0.15) is 74.1 Å². The van der Waals surface area contributed by atoms with Crippen molar-refractivity contribution in [3.05, 3.63) is 107 Å². The zero-order valence-electron chi connectivity index (χ0n) is 21.0. The SMILES string of the molecule is C=CCC1CCC(CCc2ccc3c(F)c(C#Cc4ccc(CC/C=C/C)cc4)ccc3c2)CC1. The largest absolute Gasteiger partial charge is 0.205 e. The van der Waals surface area contributed by atoms with E-state index in [0.29, 0.717) is 10.9 Å². The Morgan fingerprint density at radius 1 is 0.886 bits per heavy atom. The lowest BCUT2D eigenvalue weighted by Gasteiger charge is -2.27. The molecule has 180 valence electrons. The summed E-state index contributed by atoms with van der Waals surface area (Å²) in [6, 6.07) is 18.3. The van der Waals surface area contributed by atoms with Crippen molar-refractivity contribution in [2.75, 3.05) is 0 Å². The number of rotatable bonds is 8. The van der Waals surface area contributed by atoms with E-state index in [0.717, 1.165) is 42.0 Å². The fraction of sp³-hybridized carbons (Fsp3) is 0.353. The maximum atomic E-state index is 15.2. The minimum atomic E-state index is -0.218. The number of aryl methyl sites for hydroxylation is 2. The number of hydrogen-bond donors (Lipinski definition) is 0. The molecule has 0 aliphatic heterocycles. The van der Waals surface area contributed by atoms with Crippen LogP contribution in [0.4, 0.5) is 4.39 Å². The van der Waals surface area contributed by atoms with E-state index in [1.165, 1.54) is 49.7 Å². The van der Waals surface area contributed by atoms with E-state index >= 15 is 4.39 Å². The second-order valence-corrected chi connectivity index (χ2v) is 9.99. The smallest absolute Gasteiger partial charge is 0.146 e. The molecule has 0 amide bonds. The van der Waals surface area contributed by atoms with Gasteiger partial charge in [0.25, 0.3) is 0 Å². The lowest BCUT2D eigenvalue weighted by Crippen LogP contribution is -2.14. The maximum Gasteiger partial charge on any atom is 0.146 e. The van der Waals surface area contributed by atoms with Gasteiger partial charge in [-0.15, -0.1) is 6.58 Å². The minimum absolute atomic E-state index is 0.218. The monoisotopic (exact) mass is 464 g/mol. The van der Waals surface area contributed by atoms with E-state index in [9.17, 15) is 0 Å². The number of fused-ring (bicyclic) bond motifs is 1. The fourth-order valence-corrected chi connectivity index (χ4v) is 5.27. The van der Waals surface area contributed by atoms with Crippen molar-refractivity contribution in [3.63, 3.8) is 0 Å². The Balaban J connectivity index is 1.38. The van der Waals surface area contributed by atoms with Gasteiger partial charge in [-0.05, 0) is 98.4 Å². The molecule has 1 aliphatic carbocycles. The van der Waals surface area contributed by atoms with Crippen LogP contribution in [0.15, 0.2) is 79.4 Å². The molecule has 3 aromatic rings. The van der Waals surface area contributed by atoms with Crippen LogP contribution in [0.25, 0.3) is 10.8 Å². The van der Waals surface area contributed by atoms with Gasteiger partial charge in [-0.1, -0.05) is 79.3 Å². The first-order chi connectivity index (χ1) is 17.2. The van der Waals surface area contributed by atoms with E-state index in [-0.39, 0.29) is 5.82 Å². The molecule has 0 nitrogen and oxygen atoms in total. The van der Waals surface area contributed by atoms with Crippen LogP contribution in [-0.2, 0) is 12.8 Å². The summed E-state index contributed by atoms with van der Waals surface area (Å²) in [7, 11) is 0. The normalized spacial score (nSPS) is 17.9. The van der Waals surface area contributed by atoms with Crippen molar-refractivity contribution >= 4 is 10.8 Å². The minimum Gasteiger partial charge on any atom is -0.205 e. The van der Waals surface area contributed by atoms with Crippen LogP contribution in [0.2, 0.25) is 0 Å². The molecule has 4 rings (SSSR count). The lowest BCUT2D eigenvalue weighted by molar-refractivity contribution is 0.265. The van der Waals surface area contributed by atoms with Crippen molar-refractivity contribution in [1.29, 1.82) is 0 Å². The van der Waals surface area contributed by atoms with Crippen molar-refractivity contribution in [2.24, 2.45) is 11.8 Å². The van der Waals surface area contributed by atoms with E-state index in [1.807, 2.05) is 37.3 Å². The Morgan fingerprint density at radius 3 is 2.37 bits per heavy atom. The highest BCUT2D eigenvalue weighted by molar-refractivity contribution is 5.85. The van der Waals surface area contributed by atoms with Gasteiger partial charge >= 0.3 is 0 Å². The van der Waals surface area contributed by atoms with E-state index in [2.05, 4.69) is 60.9 Å². The Bertz CT molecular complexity index is 1210. The van der Waals surface area contributed by atoms with Crippen LogP contribution in [0.3, 0.4) is 0 Å². The van der Waals surface area contributed by atoms with Gasteiger partial charge in [0.1, 0.15) is 5.82 Å². The second-order valence-electron chi connectivity index (χ2n) is 9.99. The fourth-order valence-electron chi connectivity index (χ4n) is 5.27. The first-order valence-electron chi connectivity index (χ1n) is 13.2.